The molecule has 166 valence electrons. The van der Waals surface area contributed by atoms with Crippen LogP contribution in [-0.4, -0.2) is 28.0 Å². The van der Waals surface area contributed by atoms with Crippen molar-refractivity contribution in [1.29, 1.82) is 0 Å². The SMILES string of the molecule is COc1ccc2c(c1)CCCN2C(=O)c1ccc(NS(=O)(=O)c2ccc(F)c(Cl)c2)cc1. The molecule has 0 unspecified atom stereocenters. The molecule has 1 heterocycles. The Balaban J connectivity index is 1.53. The van der Waals surface area contributed by atoms with E-state index in [1.165, 1.54) is 12.1 Å². The number of carbonyl (C=O) groups excluding carboxylic acids is 1. The number of fused-ring (bicyclic) bond motifs is 1. The Labute approximate surface area is 190 Å². The zero-order valence-electron chi connectivity index (χ0n) is 17.1. The van der Waals surface area contributed by atoms with Crippen LogP contribution in [0, 0.1) is 5.82 Å². The average molecular weight is 475 g/mol. The standard InChI is InChI=1S/C23H20ClFN2O4S/c1-31-18-8-11-22-16(13-18)3-2-12-27(22)23(28)15-4-6-17(7-5-15)26-32(29,30)19-9-10-21(25)20(24)14-19/h4-11,13-14,26H,2-3,12H2,1H3. The van der Waals surface area contributed by atoms with E-state index in [-0.39, 0.29) is 21.5 Å². The van der Waals surface area contributed by atoms with E-state index in [0.717, 1.165) is 48.0 Å². The third-order valence-corrected chi connectivity index (χ3v) is 6.90. The van der Waals surface area contributed by atoms with E-state index in [0.29, 0.717) is 12.1 Å². The van der Waals surface area contributed by atoms with Gasteiger partial charge in [-0.3, -0.25) is 9.52 Å². The highest BCUT2D eigenvalue weighted by Gasteiger charge is 2.24. The van der Waals surface area contributed by atoms with Crippen molar-refractivity contribution < 1.29 is 22.3 Å². The highest BCUT2D eigenvalue weighted by molar-refractivity contribution is 7.92. The number of carbonyl (C=O) groups is 1. The number of hydrogen-bond donors (Lipinski definition) is 1. The summed E-state index contributed by atoms with van der Waals surface area (Å²) in [6.07, 6.45) is 1.70. The molecule has 0 radical (unpaired) electrons. The summed E-state index contributed by atoms with van der Waals surface area (Å²) in [6.45, 7) is 0.595. The second-order valence-electron chi connectivity index (χ2n) is 7.31. The normalized spacial score (nSPS) is 13.4. The number of sulfonamides is 1. The van der Waals surface area contributed by atoms with Crippen molar-refractivity contribution in [2.24, 2.45) is 0 Å². The average Bonchev–Trinajstić information content (AvgIpc) is 2.79. The lowest BCUT2D eigenvalue weighted by Crippen LogP contribution is -2.35. The van der Waals surface area contributed by atoms with Gasteiger partial charge in [0, 0.05) is 23.5 Å². The topological polar surface area (TPSA) is 75.7 Å². The number of rotatable bonds is 5. The number of nitrogens with one attached hydrogen (secondary N) is 1. The second kappa shape index (κ2) is 8.80. The van der Waals surface area contributed by atoms with Crippen LogP contribution in [0.1, 0.15) is 22.3 Å². The van der Waals surface area contributed by atoms with Crippen molar-refractivity contribution in [1.82, 2.24) is 0 Å². The third-order valence-electron chi connectivity index (χ3n) is 5.24. The third kappa shape index (κ3) is 4.42. The molecule has 3 aromatic carbocycles. The molecule has 1 N–H and O–H groups in total. The molecule has 0 spiro atoms. The number of benzene rings is 3. The summed E-state index contributed by atoms with van der Waals surface area (Å²) in [5.74, 6) is -0.126. The maximum Gasteiger partial charge on any atom is 0.261 e. The smallest absolute Gasteiger partial charge is 0.261 e. The van der Waals surface area contributed by atoms with Crippen LogP contribution < -0.4 is 14.4 Å². The van der Waals surface area contributed by atoms with E-state index in [1.807, 2.05) is 18.2 Å². The Bertz CT molecular complexity index is 1280. The first-order valence-electron chi connectivity index (χ1n) is 9.85. The Morgan fingerprint density at radius 3 is 2.53 bits per heavy atom. The number of nitrogens with zero attached hydrogens (tertiary/aromatic N) is 1. The predicted octanol–water partition coefficient (Wildman–Crippen LogP) is 4.88. The lowest BCUT2D eigenvalue weighted by Gasteiger charge is -2.30. The Morgan fingerprint density at radius 1 is 1.09 bits per heavy atom. The molecule has 0 bridgehead atoms. The van der Waals surface area contributed by atoms with Crippen molar-refractivity contribution in [2.75, 3.05) is 23.3 Å². The quantitative estimate of drug-likeness (QED) is 0.571. The molecule has 6 nitrogen and oxygen atoms in total. The fraction of sp³-hybridized carbons (Fsp3) is 0.174. The Hall–Kier alpha value is -3.10. The molecule has 0 fully saturated rings. The summed E-state index contributed by atoms with van der Waals surface area (Å²) in [5.41, 5.74) is 2.60. The van der Waals surface area contributed by atoms with Crippen LogP contribution >= 0.6 is 11.6 Å². The van der Waals surface area contributed by atoms with E-state index in [2.05, 4.69) is 4.72 Å². The van der Waals surface area contributed by atoms with Gasteiger partial charge < -0.3 is 9.64 Å². The Morgan fingerprint density at radius 2 is 1.84 bits per heavy atom. The first-order valence-corrected chi connectivity index (χ1v) is 11.7. The molecular weight excluding hydrogens is 455 g/mol. The second-order valence-corrected chi connectivity index (χ2v) is 9.40. The number of hydrogen-bond acceptors (Lipinski definition) is 4. The lowest BCUT2D eigenvalue weighted by molar-refractivity contribution is 0.0985. The predicted molar refractivity (Wildman–Crippen MR) is 122 cm³/mol. The van der Waals surface area contributed by atoms with E-state index in [4.69, 9.17) is 16.3 Å². The highest BCUT2D eigenvalue weighted by Crippen LogP contribution is 2.32. The van der Waals surface area contributed by atoms with Crippen LogP contribution in [0.15, 0.2) is 65.6 Å². The van der Waals surface area contributed by atoms with Gasteiger partial charge in [-0.2, -0.15) is 0 Å². The molecule has 0 aliphatic carbocycles. The van der Waals surface area contributed by atoms with Crippen molar-refractivity contribution in [2.45, 2.75) is 17.7 Å². The molecule has 1 aliphatic rings. The zero-order chi connectivity index (χ0) is 22.9. The molecule has 4 rings (SSSR count). The van der Waals surface area contributed by atoms with Crippen molar-refractivity contribution >= 4 is 38.9 Å². The van der Waals surface area contributed by atoms with Crippen molar-refractivity contribution in [3.8, 4) is 5.75 Å². The van der Waals surface area contributed by atoms with Gasteiger partial charge in [-0.15, -0.1) is 0 Å². The number of ether oxygens (including phenoxy) is 1. The van der Waals surface area contributed by atoms with E-state index in [9.17, 15) is 17.6 Å². The number of anilines is 2. The molecule has 0 aromatic heterocycles. The minimum atomic E-state index is -3.96. The molecule has 0 atom stereocenters. The van der Waals surface area contributed by atoms with Crippen LogP contribution in [0.4, 0.5) is 15.8 Å². The summed E-state index contributed by atoms with van der Waals surface area (Å²) >= 11 is 5.69. The van der Waals surface area contributed by atoms with Gasteiger partial charge >= 0.3 is 0 Å². The highest BCUT2D eigenvalue weighted by atomic mass is 35.5. The van der Waals surface area contributed by atoms with Gasteiger partial charge in [0.05, 0.1) is 17.0 Å². The monoisotopic (exact) mass is 474 g/mol. The number of methoxy groups -OCH3 is 1. The lowest BCUT2D eigenvalue weighted by atomic mass is 10.0. The number of aryl methyl sites for hydroxylation is 1. The van der Waals surface area contributed by atoms with Gasteiger partial charge in [-0.05, 0) is 79.1 Å². The summed E-state index contributed by atoms with van der Waals surface area (Å²) < 4.78 is 46.1. The Kier molecular flexibility index (Phi) is 6.08. The maximum atomic E-state index is 13.3. The molecule has 9 heteroatoms. The fourth-order valence-corrected chi connectivity index (χ4v) is 4.94. The summed E-state index contributed by atoms with van der Waals surface area (Å²) in [7, 11) is -2.36. The largest absolute Gasteiger partial charge is 0.497 e. The fourth-order valence-electron chi connectivity index (χ4n) is 3.61. The zero-order valence-corrected chi connectivity index (χ0v) is 18.7. The van der Waals surface area contributed by atoms with Crippen molar-refractivity contribution in [3.05, 3.63) is 82.6 Å². The van der Waals surface area contributed by atoms with E-state index >= 15 is 0 Å². The van der Waals surface area contributed by atoms with Gasteiger partial charge in [0.1, 0.15) is 11.6 Å². The van der Waals surface area contributed by atoms with Crippen LogP contribution in [-0.2, 0) is 16.4 Å². The molecule has 0 saturated carbocycles. The number of halogens is 2. The summed E-state index contributed by atoms with van der Waals surface area (Å²) in [6, 6.07) is 14.9. The first-order chi connectivity index (χ1) is 15.3. The first kappa shape index (κ1) is 22.1. The van der Waals surface area contributed by atoms with Gasteiger partial charge in [0.15, 0.2) is 0 Å². The minimum absolute atomic E-state index is 0.163. The van der Waals surface area contributed by atoms with Gasteiger partial charge in [-0.25, -0.2) is 12.8 Å². The van der Waals surface area contributed by atoms with Gasteiger partial charge in [0.2, 0.25) is 0 Å². The van der Waals surface area contributed by atoms with Gasteiger partial charge in [-0.1, -0.05) is 11.6 Å². The molecular formula is C23H20ClFN2O4S. The van der Waals surface area contributed by atoms with Crippen LogP contribution in [0.3, 0.4) is 0 Å². The molecule has 0 saturated heterocycles. The van der Waals surface area contributed by atoms with Crippen LogP contribution in [0.2, 0.25) is 5.02 Å². The summed E-state index contributed by atoms with van der Waals surface area (Å²) in [5, 5.41) is -0.284. The van der Waals surface area contributed by atoms with E-state index < -0.39 is 15.8 Å². The van der Waals surface area contributed by atoms with Gasteiger partial charge in [0.25, 0.3) is 15.9 Å². The van der Waals surface area contributed by atoms with Crippen LogP contribution in [0.5, 0.6) is 5.75 Å². The molecule has 1 amide bonds. The minimum Gasteiger partial charge on any atom is -0.497 e. The number of amides is 1. The van der Waals surface area contributed by atoms with Crippen LogP contribution in [0.25, 0.3) is 0 Å². The summed E-state index contributed by atoms with van der Waals surface area (Å²) in [4.78, 5) is 14.7. The molecule has 3 aromatic rings. The molecule has 1 aliphatic heterocycles. The van der Waals surface area contributed by atoms with Crippen molar-refractivity contribution in [3.63, 3.8) is 0 Å². The molecule has 32 heavy (non-hydrogen) atoms. The van der Waals surface area contributed by atoms with E-state index in [1.54, 1.807) is 24.1 Å². The maximum absolute atomic E-state index is 13.3.